The molecule has 2 nitrogen and oxygen atoms in total. The minimum atomic E-state index is 0.359. The molecule has 1 fully saturated rings. The van der Waals surface area contributed by atoms with Crippen molar-refractivity contribution in [3.63, 3.8) is 0 Å². The van der Waals surface area contributed by atoms with Gasteiger partial charge in [-0.25, -0.2) is 0 Å². The summed E-state index contributed by atoms with van der Waals surface area (Å²) in [5.74, 6) is 2.35. The Balaban J connectivity index is 1.29. The molecule has 1 aliphatic carbocycles. The zero-order chi connectivity index (χ0) is 22.5. The maximum absolute atomic E-state index is 6.69. The van der Waals surface area contributed by atoms with Crippen LogP contribution in [0, 0.1) is 5.92 Å². The van der Waals surface area contributed by atoms with Crippen LogP contribution < -0.4 is 10.1 Å². The fourth-order valence-electron chi connectivity index (χ4n) is 5.69. The number of benzene rings is 3. The Morgan fingerprint density at radius 2 is 1.61 bits per heavy atom. The number of rotatable bonds is 8. The van der Waals surface area contributed by atoms with E-state index >= 15 is 0 Å². The lowest BCUT2D eigenvalue weighted by atomic mass is 9.83. The highest BCUT2D eigenvalue weighted by atomic mass is 16.5. The molecule has 1 aliphatic heterocycles. The molecule has 0 amide bonds. The maximum atomic E-state index is 6.69. The maximum Gasteiger partial charge on any atom is 0.123 e. The fourth-order valence-corrected chi connectivity index (χ4v) is 5.69. The van der Waals surface area contributed by atoms with E-state index in [0.717, 1.165) is 31.1 Å². The Hall–Kier alpha value is -2.58. The van der Waals surface area contributed by atoms with Crippen LogP contribution in [0.5, 0.6) is 5.75 Å². The van der Waals surface area contributed by atoms with Gasteiger partial charge in [-0.05, 0) is 73.3 Å². The first-order valence-electron chi connectivity index (χ1n) is 12.9. The SMILES string of the molecule is CC(CCc1ccccc1)NCC1CC(C2CCCC2)Oc2cc(-c3ccccc3)ccc21. The molecule has 3 aromatic carbocycles. The van der Waals surface area contributed by atoms with E-state index in [1.807, 2.05) is 0 Å². The van der Waals surface area contributed by atoms with Gasteiger partial charge in [0, 0.05) is 18.5 Å². The summed E-state index contributed by atoms with van der Waals surface area (Å²) in [7, 11) is 0. The molecule has 1 heterocycles. The lowest BCUT2D eigenvalue weighted by Gasteiger charge is -2.36. The van der Waals surface area contributed by atoms with Gasteiger partial charge in [-0.3, -0.25) is 0 Å². The van der Waals surface area contributed by atoms with Crippen molar-refractivity contribution in [2.45, 2.75) is 69.9 Å². The summed E-state index contributed by atoms with van der Waals surface area (Å²) < 4.78 is 6.69. The minimum absolute atomic E-state index is 0.359. The number of fused-ring (bicyclic) bond motifs is 1. The van der Waals surface area contributed by atoms with Crippen molar-refractivity contribution >= 4 is 0 Å². The smallest absolute Gasteiger partial charge is 0.123 e. The number of hydrogen-bond acceptors (Lipinski definition) is 2. The van der Waals surface area contributed by atoms with E-state index in [9.17, 15) is 0 Å². The van der Waals surface area contributed by atoms with Gasteiger partial charge in [0.1, 0.15) is 11.9 Å². The number of ether oxygens (including phenoxy) is 1. The summed E-state index contributed by atoms with van der Waals surface area (Å²) >= 11 is 0. The normalized spacial score (nSPS) is 21.4. The summed E-state index contributed by atoms with van der Waals surface area (Å²) in [6.45, 7) is 3.36. The topological polar surface area (TPSA) is 21.3 Å². The average molecular weight is 440 g/mol. The quantitative estimate of drug-likeness (QED) is 0.395. The van der Waals surface area contributed by atoms with Crippen LogP contribution in [0.4, 0.5) is 0 Å². The van der Waals surface area contributed by atoms with Gasteiger partial charge in [-0.2, -0.15) is 0 Å². The van der Waals surface area contributed by atoms with Crippen LogP contribution in [-0.4, -0.2) is 18.7 Å². The van der Waals surface area contributed by atoms with Crippen molar-refractivity contribution < 1.29 is 4.74 Å². The van der Waals surface area contributed by atoms with E-state index in [1.165, 1.54) is 54.4 Å². The monoisotopic (exact) mass is 439 g/mol. The molecule has 172 valence electrons. The third-order valence-electron chi connectivity index (χ3n) is 7.70. The van der Waals surface area contributed by atoms with E-state index in [1.54, 1.807) is 0 Å². The summed E-state index contributed by atoms with van der Waals surface area (Å²) in [5.41, 5.74) is 5.32. The molecule has 0 aromatic heterocycles. The van der Waals surface area contributed by atoms with E-state index < -0.39 is 0 Å². The lowest BCUT2D eigenvalue weighted by molar-refractivity contribution is 0.0999. The van der Waals surface area contributed by atoms with Gasteiger partial charge in [-0.1, -0.05) is 85.6 Å². The van der Waals surface area contributed by atoms with Crippen LogP contribution in [0.15, 0.2) is 78.9 Å². The predicted octanol–water partition coefficient (Wildman–Crippen LogP) is 7.39. The molecular weight excluding hydrogens is 402 g/mol. The minimum Gasteiger partial charge on any atom is -0.490 e. The molecule has 0 spiro atoms. The molecule has 2 heteroatoms. The molecule has 0 radical (unpaired) electrons. The van der Waals surface area contributed by atoms with Crippen molar-refractivity contribution in [1.29, 1.82) is 0 Å². The highest BCUT2D eigenvalue weighted by Gasteiger charge is 2.34. The second-order valence-electron chi connectivity index (χ2n) is 10.1. The molecule has 1 saturated carbocycles. The largest absolute Gasteiger partial charge is 0.490 e. The van der Waals surface area contributed by atoms with E-state index in [0.29, 0.717) is 18.1 Å². The number of nitrogens with one attached hydrogen (secondary N) is 1. The Morgan fingerprint density at radius 3 is 2.36 bits per heavy atom. The Labute approximate surface area is 199 Å². The van der Waals surface area contributed by atoms with Crippen LogP contribution in [0.1, 0.15) is 62.5 Å². The molecule has 33 heavy (non-hydrogen) atoms. The molecule has 1 N–H and O–H groups in total. The summed E-state index contributed by atoms with van der Waals surface area (Å²) in [4.78, 5) is 0. The first-order chi connectivity index (χ1) is 16.3. The van der Waals surface area contributed by atoms with Crippen molar-refractivity contribution in [1.82, 2.24) is 5.32 Å². The fraction of sp³-hybridized carbons (Fsp3) is 0.419. The molecule has 0 bridgehead atoms. The standard InChI is InChI=1S/C31H37NO/c1-23(16-17-24-10-4-2-5-11-24)32-22-28-21-30(26-14-8-9-15-26)33-31-20-27(18-19-29(28)31)25-12-6-3-7-13-25/h2-7,10-13,18-20,23,26,28,30,32H,8-9,14-17,21-22H2,1H3. The van der Waals surface area contributed by atoms with Gasteiger partial charge < -0.3 is 10.1 Å². The zero-order valence-electron chi connectivity index (χ0n) is 19.9. The van der Waals surface area contributed by atoms with Gasteiger partial charge in [0.05, 0.1) is 0 Å². The van der Waals surface area contributed by atoms with E-state index in [2.05, 4.69) is 91.1 Å². The van der Waals surface area contributed by atoms with Crippen LogP contribution in [-0.2, 0) is 6.42 Å². The highest BCUT2D eigenvalue weighted by molar-refractivity contribution is 5.66. The second-order valence-corrected chi connectivity index (χ2v) is 10.1. The molecule has 0 saturated heterocycles. The molecule has 3 aromatic rings. The van der Waals surface area contributed by atoms with Crippen LogP contribution in [0.3, 0.4) is 0 Å². The van der Waals surface area contributed by atoms with Gasteiger partial charge in [0.25, 0.3) is 0 Å². The molecule has 5 rings (SSSR count). The van der Waals surface area contributed by atoms with E-state index in [4.69, 9.17) is 4.74 Å². The van der Waals surface area contributed by atoms with Crippen molar-refractivity contribution in [2.24, 2.45) is 5.92 Å². The average Bonchev–Trinajstić information content (AvgIpc) is 3.42. The number of aryl methyl sites for hydroxylation is 1. The first-order valence-corrected chi connectivity index (χ1v) is 12.9. The summed E-state index contributed by atoms with van der Waals surface area (Å²) in [5, 5.41) is 3.87. The highest BCUT2D eigenvalue weighted by Crippen LogP contribution is 2.43. The first kappa shape index (κ1) is 22.2. The van der Waals surface area contributed by atoms with Crippen LogP contribution >= 0.6 is 0 Å². The Kier molecular flexibility index (Phi) is 7.12. The summed E-state index contributed by atoms with van der Waals surface area (Å²) in [6.07, 6.45) is 9.17. The second kappa shape index (κ2) is 10.6. The molecule has 2 aliphatic rings. The van der Waals surface area contributed by atoms with Gasteiger partial charge in [-0.15, -0.1) is 0 Å². The zero-order valence-corrected chi connectivity index (χ0v) is 19.9. The molecule has 3 unspecified atom stereocenters. The molecular formula is C31H37NO. The Morgan fingerprint density at radius 1 is 0.879 bits per heavy atom. The Bertz CT molecular complexity index is 1010. The van der Waals surface area contributed by atoms with Crippen molar-refractivity contribution in [2.75, 3.05) is 6.54 Å². The molecule has 3 atom stereocenters. The van der Waals surface area contributed by atoms with Crippen LogP contribution in [0.2, 0.25) is 0 Å². The lowest BCUT2D eigenvalue weighted by Crippen LogP contribution is -2.37. The van der Waals surface area contributed by atoms with E-state index in [-0.39, 0.29) is 0 Å². The van der Waals surface area contributed by atoms with Crippen molar-refractivity contribution in [3.05, 3.63) is 90.0 Å². The van der Waals surface area contributed by atoms with Crippen LogP contribution in [0.25, 0.3) is 11.1 Å². The third kappa shape index (κ3) is 5.50. The van der Waals surface area contributed by atoms with Gasteiger partial charge >= 0.3 is 0 Å². The van der Waals surface area contributed by atoms with Gasteiger partial charge in [0.2, 0.25) is 0 Å². The third-order valence-corrected chi connectivity index (χ3v) is 7.70. The number of hydrogen-bond donors (Lipinski definition) is 1. The predicted molar refractivity (Wildman–Crippen MR) is 138 cm³/mol. The van der Waals surface area contributed by atoms with Crippen molar-refractivity contribution in [3.8, 4) is 16.9 Å². The summed E-state index contributed by atoms with van der Waals surface area (Å²) in [6, 6.07) is 28.9. The van der Waals surface area contributed by atoms with Gasteiger partial charge in [0.15, 0.2) is 0 Å².